The Hall–Kier alpha value is -2.42. The normalized spacial score (nSPS) is 15.7. The first kappa shape index (κ1) is 18.4. The minimum Gasteiger partial charge on any atom is -0.307 e. The molecule has 0 unspecified atom stereocenters. The number of oxime groups is 1. The molecule has 1 amide bonds. The van der Waals surface area contributed by atoms with Gasteiger partial charge < -0.3 is 4.90 Å². The van der Waals surface area contributed by atoms with Gasteiger partial charge in [0.15, 0.2) is 0 Å². The van der Waals surface area contributed by atoms with Crippen LogP contribution in [0.3, 0.4) is 0 Å². The molecule has 26 heavy (non-hydrogen) atoms. The van der Waals surface area contributed by atoms with Gasteiger partial charge in [-0.05, 0) is 37.3 Å². The van der Waals surface area contributed by atoms with Crippen molar-refractivity contribution < 1.29 is 22.0 Å². The lowest BCUT2D eigenvalue weighted by Gasteiger charge is -2.30. The lowest BCUT2D eigenvalue weighted by molar-refractivity contribution is 0.0987. The van der Waals surface area contributed by atoms with Crippen LogP contribution in [0.4, 0.5) is 5.69 Å². The van der Waals surface area contributed by atoms with E-state index in [0.717, 1.165) is 5.56 Å². The van der Waals surface area contributed by atoms with Gasteiger partial charge in [-0.15, -0.1) is 0 Å². The van der Waals surface area contributed by atoms with Crippen molar-refractivity contribution in [1.82, 2.24) is 0 Å². The van der Waals surface area contributed by atoms with Gasteiger partial charge in [0, 0.05) is 29.1 Å². The number of hydrogen-bond donors (Lipinski definition) is 1. The molecule has 7 nitrogen and oxygen atoms in total. The van der Waals surface area contributed by atoms with Gasteiger partial charge in [-0.1, -0.05) is 34.5 Å². The van der Waals surface area contributed by atoms with E-state index in [9.17, 15) is 13.2 Å². The number of rotatable bonds is 3. The molecule has 0 radical (unpaired) electrons. The first-order valence-electron chi connectivity index (χ1n) is 7.66. The number of fused-ring (bicyclic) bond motifs is 1. The highest BCUT2D eigenvalue weighted by Gasteiger charge is 2.28. The third-order valence-electron chi connectivity index (χ3n) is 3.92. The molecule has 136 valence electrons. The van der Waals surface area contributed by atoms with Gasteiger partial charge in [-0.3, -0.25) is 9.35 Å². The fraction of sp³-hybridized carbons (Fsp3) is 0.176. The number of carbonyl (C=O) groups excluding carboxylic acids is 1. The maximum atomic E-state index is 12.9. The second-order valence-corrected chi connectivity index (χ2v) is 7.22. The van der Waals surface area contributed by atoms with E-state index in [1.807, 2.05) is 19.1 Å². The summed E-state index contributed by atoms with van der Waals surface area (Å²) in [5, 5.41) is 3.92. The molecular weight excluding hydrogens is 380 g/mol. The second-order valence-electron chi connectivity index (χ2n) is 5.77. The van der Waals surface area contributed by atoms with Gasteiger partial charge in [0.05, 0.1) is 11.4 Å². The van der Waals surface area contributed by atoms with Crippen molar-refractivity contribution in [1.29, 1.82) is 0 Å². The van der Waals surface area contributed by atoms with E-state index in [1.165, 1.54) is 0 Å². The SMILES string of the molecule is Cc1ccc(C(=O)N2CC/C(=N\OS(=O)(=O)O)c3ccc(Cl)cc32)cc1. The molecule has 0 saturated carbocycles. The number of carbonyl (C=O) groups is 1. The summed E-state index contributed by atoms with van der Waals surface area (Å²) in [6, 6.07) is 12.0. The lowest BCUT2D eigenvalue weighted by Crippen LogP contribution is -2.37. The molecular formula is C17H15ClN2O5S. The number of amides is 1. The largest absolute Gasteiger partial charge is 0.466 e. The lowest BCUT2D eigenvalue weighted by atomic mass is 9.98. The third-order valence-corrected chi connectivity index (χ3v) is 4.42. The molecule has 1 aliphatic heterocycles. The summed E-state index contributed by atoms with van der Waals surface area (Å²) < 4.78 is 34.4. The Bertz CT molecular complexity index is 987. The van der Waals surface area contributed by atoms with Crippen LogP contribution in [0.5, 0.6) is 0 Å². The van der Waals surface area contributed by atoms with E-state index in [0.29, 0.717) is 27.5 Å². The van der Waals surface area contributed by atoms with Gasteiger partial charge in [0.2, 0.25) is 0 Å². The van der Waals surface area contributed by atoms with Crippen molar-refractivity contribution in [3.63, 3.8) is 0 Å². The minimum absolute atomic E-state index is 0.205. The predicted molar refractivity (Wildman–Crippen MR) is 98.1 cm³/mol. The van der Waals surface area contributed by atoms with E-state index in [2.05, 4.69) is 9.44 Å². The molecule has 2 aromatic carbocycles. The molecule has 3 rings (SSSR count). The van der Waals surface area contributed by atoms with Gasteiger partial charge in [0.1, 0.15) is 0 Å². The molecule has 9 heteroatoms. The standard InChI is InChI=1S/C17H15ClN2O5S/c1-11-2-4-12(5-3-11)17(21)20-9-8-15(19-25-26(22,23)24)14-7-6-13(18)10-16(14)20/h2-7,10H,8-9H2,1H3,(H,22,23,24)/b19-15+. The fourth-order valence-electron chi connectivity index (χ4n) is 2.69. The Morgan fingerprint density at radius 1 is 1.23 bits per heavy atom. The van der Waals surface area contributed by atoms with Crippen LogP contribution in [-0.4, -0.2) is 31.1 Å². The Kier molecular flexibility index (Phi) is 4.99. The van der Waals surface area contributed by atoms with Crippen LogP contribution >= 0.6 is 11.6 Å². The van der Waals surface area contributed by atoms with E-state index < -0.39 is 10.4 Å². The quantitative estimate of drug-likeness (QED) is 0.636. The fourth-order valence-corrected chi connectivity index (χ4v) is 3.05. The zero-order valence-corrected chi connectivity index (χ0v) is 15.3. The third kappa shape index (κ3) is 4.04. The average Bonchev–Trinajstić information content (AvgIpc) is 2.58. The maximum absolute atomic E-state index is 12.9. The highest BCUT2D eigenvalue weighted by Crippen LogP contribution is 2.31. The van der Waals surface area contributed by atoms with Gasteiger partial charge >= 0.3 is 10.4 Å². The van der Waals surface area contributed by atoms with E-state index >= 15 is 0 Å². The summed E-state index contributed by atoms with van der Waals surface area (Å²) in [5.41, 5.74) is 2.86. The summed E-state index contributed by atoms with van der Waals surface area (Å²) in [6.07, 6.45) is 0.252. The van der Waals surface area contributed by atoms with Crippen LogP contribution < -0.4 is 4.90 Å². The molecule has 1 heterocycles. The van der Waals surface area contributed by atoms with Crippen LogP contribution in [0.2, 0.25) is 5.02 Å². The molecule has 2 aromatic rings. The first-order valence-corrected chi connectivity index (χ1v) is 9.40. The van der Waals surface area contributed by atoms with Crippen molar-refractivity contribution in [3.05, 3.63) is 64.2 Å². The predicted octanol–water partition coefficient (Wildman–Crippen LogP) is 3.22. The molecule has 0 aliphatic carbocycles. The molecule has 0 spiro atoms. The molecule has 1 N–H and O–H groups in total. The number of anilines is 1. The van der Waals surface area contributed by atoms with Gasteiger partial charge in [-0.25, -0.2) is 4.28 Å². The van der Waals surface area contributed by atoms with E-state index in [1.54, 1.807) is 35.2 Å². The van der Waals surface area contributed by atoms with Crippen molar-refractivity contribution in [2.24, 2.45) is 5.16 Å². The van der Waals surface area contributed by atoms with Crippen LogP contribution in [0.1, 0.15) is 27.9 Å². The van der Waals surface area contributed by atoms with Crippen LogP contribution in [-0.2, 0) is 14.7 Å². The van der Waals surface area contributed by atoms with Crippen LogP contribution in [0, 0.1) is 6.92 Å². The first-order chi connectivity index (χ1) is 12.2. The zero-order chi connectivity index (χ0) is 18.9. The number of aryl methyl sites for hydroxylation is 1. The van der Waals surface area contributed by atoms with Gasteiger partial charge in [-0.2, -0.15) is 8.42 Å². The zero-order valence-electron chi connectivity index (χ0n) is 13.7. The number of nitrogens with zero attached hydrogens (tertiary/aromatic N) is 2. The highest BCUT2D eigenvalue weighted by atomic mass is 35.5. The Labute approximate surface area is 155 Å². The summed E-state index contributed by atoms with van der Waals surface area (Å²) in [7, 11) is -4.71. The van der Waals surface area contributed by atoms with E-state index in [-0.39, 0.29) is 18.9 Å². The molecule has 0 saturated heterocycles. The molecule has 0 aromatic heterocycles. The highest BCUT2D eigenvalue weighted by molar-refractivity contribution is 7.80. The molecule has 0 atom stereocenters. The number of hydrogen-bond acceptors (Lipinski definition) is 5. The van der Waals surface area contributed by atoms with Crippen molar-refractivity contribution in [2.75, 3.05) is 11.4 Å². The van der Waals surface area contributed by atoms with Crippen LogP contribution in [0.25, 0.3) is 0 Å². The monoisotopic (exact) mass is 394 g/mol. The Balaban J connectivity index is 2.00. The average molecular weight is 395 g/mol. The second kappa shape index (κ2) is 7.06. The van der Waals surface area contributed by atoms with Crippen LogP contribution in [0.15, 0.2) is 47.6 Å². The van der Waals surface area contributed by atoms with Crippen molar-refractivity contribution in [2.45, 2.75) is 13.3 Å². The van der Waals surface area contributed by atoms with Crippen molar-refractivity contribution in [3.8, 4) is 0 Å². The number of halogens is 1. The Morgan fingerprint density at radius 3 is 2.58 bits per heavy atom. The minimum atomic E-state index is -4.71. The molecule has 1 aliphatic rings. The maximum Gasteiger partial charge on any atom is 0.466 e. The van der Waals surface area contributed by atoms with E-state index in [4.69, 9.17) is 16.2 Å². The smallest absolute Gasteiger partial charge is 0.307 e. The Morgan fingerprint density at radius 2 is 1.92 bits per heavy atom. The molecule has 0 fully saturated rings. The van der Waals surface area contributed by atoms with Crippen molar-refractivity contribution >= 4 is 39.3 Å². The summed E-state index contributed by atoms with van der Waals surface area (Å²) in [4.78, 5) is 14.4. The summed E-state index contributed by atoms with van der Waals surface area (Å²) in [5.74, 6) is -0.205. The summed E-state index contributed by atoms with van der Waals surface area (Å²) in [6.45, 7) is 2.19. The van der Waals surface area contributed by atoms with Gasteiger partial charge in [0.25, 0.3) is 5.91 Å². The molecule has 0 bridgehead atoms. The number of benzene rings is 2. The summed E-state index contributed by atoms with van der Waals surface area (Å²) >= 11 is 6.07. The topological polar surface area (TPSA) is 96.3 Å².